The van der Waals surface area contributed by atoms with Crippen LogP contribution in [-0.4, -0.2) is 99.3 Å². The van der Waals surface area contributed by atoms with Gasteiger partial charge in [0.15, 0.2) is 5.82 Å². The zero-order valence-corrected chi connectivity index (χ0v) is 28.3. The molecule has 0 saturated carbocycles. The van der Waals surface area contributed by atoms with E-state index in [1.165, 1.54) is 19.2 Å². The van der Waals surface area contributed by atoms with Crippen molar-refractivity contribution in [2.45, 2.75) is 30.9 Å². The van der Waals surface area contributed by atoms with Crippen LogP contribution in [0.25, 0.3) is 0 Å². The minimum atomic E-state index is -4.55. The summed E-state index contributed by atoms with van der Waals surface area (Å²) in [6, 6.07) is 15.0. The first-order valence-corrected chi connectivity index (χ1v) is 16.7. The molecule has 0 radical (unpaired) electrons. The predicted octanol–water partition coefficient (Wildman–Crippen LogP) is 4.92. The molecule has 3 aliphatic heterocycles. The first kappa shape index (κ1) is 35.2. The molecule has 268 valence electrons. The number of aliphatic carboxylic acids is 1. The zero-order valence-electron chi connectivity index (χ0n) is 28.3. The smallest absolute Gasteiger partial charge is 0.416 e. The van der Waals surface area contributed by atoms with Gasteiger partial charge in [0.2, 0.25) is 11.8 Å². The Hall–Kier alpha value is -4.59. The Bertz CT molecular complexity index is 1650. The van der Waals surface area contributed by atoms with E-state index in [1.807, 2.05) is 45.0 Å². The highest BCUT2D eigenvalue weighted by atomic mass is 19.4. The van der Waals surface area contributed by atoms with Crippen molar-refractivity contribution >= 4 is 23.4 Å². The molecule has 11 nitrogen and oxygen atoms in total. The molecule has 3 aromatic rings. The molecular weight excluding hydrogens is 655 g/mol. The molecule has 0 aliphatic carbocycles. The minimum absolute atomic E-state index is 0.0471. The summed E-state index contributed by atoms with van der Waals surface area (Å²) in [7, 11) is 4.70. The maximum atomic E-state index is 14.6. The van der Waals surface area contributed by atoms with Gasteiger partial charge in [0, 0.05) is 75.9 Å². The third-order valence-corrected chi connectivity index (χ3v) is 10.4. The predicted molar refractivity (Wildman–Crippen MR) is 179 cm³/mol. The van der Waals surface area contributed by atoms with Crippen LogP contribution in [0, 0.1) is 17.8 Å². The van der Waals surface area contributed by atoms with E-state index in [1.54, 1.807) is 20.3 Å². The summed E-state index contributed by atoms with van der Waals surface area (Å²) in [5, 5.41) is 18.0. The van der Waals surface area contributed by atoms with Crippen LogP contribution in [-0.2, 0) is 20.5 Å². The second-order valence-electron chi connectivity index (χ2n) is 13.3. The number of rotatable bonds is 10. The van der Waals surface area contributed by atoms with Crippen molar-refractivity contribution in [2.75, 3.05) is 77.0 Å². The van der Waals surface area contributed by atoms with Crippen molar-refractivity contribution in [3.63, 3.8) is 0 Å². The molecule has 0 bridgehead atoms. The maximum Gasteiger partial charge on any atom is 0.416 e. The third kappa shape index (κ3) is 7.30. The van der Waals surface area contributed by atoms with E-state index in [0.717, 1.165) is 11.6 Å². The standard InChI is InChI=1S/C36H42F3N5O6/c1-48-21-24-17-44(19-29(24)27-9-6-25(36(37,38)39)16-31(27)42-14-12-23(13-15-42)35(46)47)34(45)30-20-43(32-10-11-33(50-3)41-40-32)18-28(30)22-4-7-26(49-2)8-5-22/h4-11,16,23-24,28-30H,12-15,17-21H2,1-3H3,(H,46,47)/t24-,28+,29+,30-/m1/s1. The fraction of sp³-hybridized carbons (Fsp3) is 0.500. The van der Waals surface area contributed by atoms with E-state index in [9.17, 15) is 27.9 Å². The summed E-state index contributed by atoms with van der Waals surface area (Å²) in [6.45, 7) is 2.58. The number of benzene rings is 2. The van der Waals surface area contributed by atoms with E-state index in [0.29, 0.717) is 87.4 Å². The molecule has 1 aromatic heterocycles. The van der Waals surface area contributed by atoms with E-state index in [2.05, 4.69) is 10.2 Å². The molecule has 0 unspecified atom stereocenters. The van der Waals surface area contributed by atoms with Crippen LogP contribution < -0.4 is 19.3 Å². The summed E-state index contributed by atoms with van der Waals surface area (Å²) in [5.41, 5.74) is 1.36. The van der Waals surface area contributed by atoms with Crippen LogP contribution in [0.5, 0.6) is 11.6 Å². The summed E-state index contributed by atoms with van der Waals surface area (Å²) in [4.78, 5) is 31.9. The molecule has 3 fully saturated rings. The van der Waals surface area contributed by atoms with Crippen LogP contribution >= 0.6 is 0 Å². The Balaban J connectivity index is 1.30. The number of piperidine rings is 1. The number of anilines is 2. The van der Waals surface area contributed by atoms with Gasteiger partial charge in [0.1, 0.15) is 5.75 Å². The number of hydrogen-bond acceptors (Lipinski definition) is 9. The monoisotopic (exact) mass is 697 g/mol. The quantitative estimate of drug-likeness (QED) is 0.313. The highest BCUT2D eigenvalue weighted by Crippen LogP contribution is 2.44. The van der Waals surface area contributed by atoms with Crippen LogP contribution in [0.15, 0.2) is 54.6 Å². The van der Waals surface area contributed by atoms with Gasteiger partial charge in [0.05, 0.1) is 38.2 Å². The largest absolute Gasteiger partial charge is 0.497 e. The lowest BCUT2D eigenvalue weighted by Crippen LogP contribution is -2.38. The highest BCUT2D eigenvalue weighted by Gasteiger charge is 2.46. The van der Waals surface area contributed by atoms with Crippen molar-refractivity contribution in [3.05, 3.63) is 71.3 Å². The van der Waals surface area contributed by atoms with E-state index in [4.69, 9.17) is 14.2 Å². The summed E-state index contributed by atoms with van der Waals surface area (Å²) in [6.07, 6.45) is -3.87. The lowest BCUT2D eigenvalue weighted by Gasteiger charge is -2.35. The second kappa shape index (κ2) is 14.7. The van der Waals surface area contributed by atoms with Gasteiger partial charge in [-0.15, -0.1) is 10.2 Å². The number of likely N-dealkylation sites (tertiary alicyclic amines) is 1. The molecule has 2 aromatic carbocycles. The number of aromatic nitrogens is 2. The van der Waals surface area contributed by atoms with Crippen molar-refractivity contribution in [3.8, 4) is 11.6 Å². The highest BCUT2D eigenvalue weighted by molar-refractivity contribution is 5.82. The van der Waals surface area contributed by atoms with Crippen LogP contribution in [0.2, 0.25) is 0 Å². The van der Waals surface area contributed by atoms with E-state index >= 15 is 0 Å². The molecule has 50 heavy (non-hydrogen) atoms. The molecule has 1 N–H and O–H groups in total. The van der Waals surface area contributed by atoms with Crippen LogP contribution in [0.1, 0.15) is 41.4 Å². The number of ether oxygens (including phenoxy) is 3. The number of carboxylic acid groups (broad SMARTS) is 1. The number of alkyl halides is 3. The average molecular weight is 698 g/mol. The normalized spacial score (nSPS) is 23.0. The Morgan fingerprint density at radius 2 is 1.60 bits per heavy atom. The molecule has 6 rings (SSSR count). The van der Waals surface area contributed by atoms with Gasteiger partial charge in [-0.3, -0.25) is 9.59 Å². The number of hydrogen-bond donors (Lipinski definition) is 1. The summed E-state index contributed by atoms with van der Waals surface area (Å²) in [5.74, 6) is -0.827. The number of halogens is 3. The third-order valence-electron chi connectivity index (χ3n) is 10.4. The van der Waals surface area contributed by atoms with Crippen LogP contribution in [0.3, 0.4) is 0 Å². The van der Waals surface area contributed by atoms with Crippen molar-refractivity contribution in [1.82, 2.24) is 15.1 Å². The molecule has 4 atom stereocenters. The van der Waals surface area contributed by atoms with E-state index < -0.39 is 29.5 Å². The number of carboxylic acids is 1. The fourth-order valence-electron chi connectivity index (χ4n) is 7.72. The Kier molecular flexibility index (Phi) is 10.4. The summed E-state index contributed by atoms with van der Waals surface area (Å²) >= 11 is 0. The molecule has 4 heterocycles. The minimum Gasteiger partial charge on any atom is -0.497 e. The van der Waals surface area contributed by atoms with Crippen molar-refractivity contribution < 1.29 is 42.1 Å². The van der Waals surface area contributed by atoms with Crippen LogP contribution in [0.4, 0.5) is 24.7 Å². The topological polar surface area (TPSA) is 118 Å². The molecule has 3 saturated heterocycles. The Morgan fingerprint density at radius 1 is 0.860 bits per heavy atom. The van der Waals surface area contributed by atoms with Gasteiger partial charge in [-0.1, -0.05) is 18.2 Å². The van der Waals surface area contributed by atoms with Crippen molar-refractivity contribution in [2.24, 2.45) is 17.8 Å². The van der Waals surface area contributed by atoms with Crippen molar-refractivity contribution in [1.29, 1.82) is 0 Å². The molecule has 1 amide bonds. The van der Waals surface area contributed by atoms with Gasteiger partial charge < -0.3 is 34.0 Å². The van der Waals surface area contributed by atoms with Gasteiger partial charge in [0.25, 0.3) is 0 Å². The first-order valence-electron chi connectivity index (χ1n) is 16.7. The first-order chi connectivity index (χ1) is 24.0. The number of amides is 1. The van der Waals surface area contributed by atoms with Gasteiger partial charge in [-0.25, -0.2) is 0 Å². The van der Waals surface area contributed by atoms with E-state index in [-0.39, 0.29) is 23.7 Å². The zero-order chi connectivity index (χ0) is 35.6. The molecular formula is C36H42F3N5O6. The molecule has 3 aliphatic rings. The number of carbonyl (C=O) groups excluding carboxylic acids is 1. The lowest BCUT2D eigenvalue weighted by molar-refractivity contribution is -0.142. The Morgan fingerprint density at radius 3 is 2.20 bits per heavy atom. The molecule has 0 spiro atoms. The average Bonchev–Trinajstić information content (AvgIpc) is 3.76. The summed E-state index contributed by atoms with van der Waals surface area (Å²) < 4.78 is 58.0. The maximum absolute atomic E-state index is 14.6. The number of methoxy groups -OCH3 is 3. The van der Waals surface area contributed by atoms with Gasteiger partial charge >= 0.3 is 12.1 Å². The molecule has 14 heteroatoms. The lowest BCUT2D eigenvalue weighted by atomic mass is 9.86. The fourth-order valence-corrected chi connectivity index (χ4v) is 7.72. The second-order valence-corrected chi connectivity index (χ2v) is 13.3. The Labute approximate surface area is 288 Å². The van der Waals surface area contributed by atoms with Gasteiger partial charge in [-0.05, 0) is 54.3 Å². The number of carbonyl (C=O) groups is 2. The number of nitrogens with zero attached hydrogens (tertiary/aromatic N) is 5. The van der Waals surface area contributed by atoms with Gasteiger partial charge in [-0.2, -0.15) is 13.2 Å². The SMILES string of the molecule is COC[C@H]1CN(C(=O)[C@@H]2CN(c3ccc(OC)nn3)C[C@H]2c2ccc(OC)cc2)C[C@@H]1c1ccc(C(F)(F)F)cc1N1CCC(C(=O)O)CC1.